The summed E-state index contributed by atoms with van der Waals surface area (Å²) in [5, 5.41) is 14.5. The van der Waals surface area contributed by atoms with Gasteiger partial charge >= 0.3 is 0 Å². The highest BCUT2D eigenvalue weighted by atomic mass is 16.5. The van der Waals surface area contributed by atoms with E-state index in [0.29, 0.717) is 25.8 Å². The Morgan fingerprint density at radius 3 is 2.91 bits per heavy atom. The topological polar surface area (TPSA) is 50.5 Å². The zero-order valence-electron chi connectivity index (χ0n) is 13.4. The number of aromatic nitrogens is 2. The van der Waals surface area contributed by atoms with Crippen LogP contribution < -0.4 is 0 Å². The summed E-state index contributed by atoms with van der Waals surface area (Å²) < 4.78 is 7.61. The molecule has 3 rings (SSSR count). The van der Waals surface area contributed by atoms with Gasteiger partial charge in [0.05, 0.1) is 25.9 Å². The van der Waals surface area contributed by atoms with Crippen LogP contribution in [0.25, 0.3) is 0 Å². The summed E-state index contributed by atoms with van der Waals surface area (Å²) in [5.74, 6) is 0. The van der Waals surface area contributed by atoms with Gasteiger partial charge in [0.25, 0.3) is 0 Å². The summed E-state index contributed by atoms with van der Waals surface area (Å²) >= 11 is 0. The second-order valence-corrected chi connectivity index (χ2v) is 6.17. The lowest BCUT2D eigenvalue weighted by molar-refractivity contribution is 0.00666. The highest BCUT2D eigenvalue weighted by molar-refractivity contribution is 5.13. The maximum absolute atomic E-state index is 10.2. The molecular formula is C18H25N3O2. The third-order valence-electron chi connectivity index (χ3n) is 4.32. The molecule has 5 heteroatoms. The van der Waals surface area contributed by atoms with Crippen LogP contribution in [0.2, 0.25) is 0 Å². The Hall–Kier alpha value is -1.69. The van der Waals surface area contributed by atoms with Gasteiger partial charge in [-0.1, -0.05) is 30.3 Å². The third-order valence-corrected chi connectivity index (χ3v) is 4.32. The lowest BCUT2D eigenvalue weighted by Crippen LogP contribution is -2.40. The Bertz CT molecular complexity index is 559. The van der Waals surface area contributed by atoms with E-state index < -0.39 is 6.10 Å². The Kier molecular flexibility index (Phi) is 5.80. The normalized spacial score (nSPS) is 20.0. The SMILES string of the molecule is OC(COCc1ccccc1)CN1CCCC1Cn1cccn1. The molecule has 0 saturated carbocycles. The van der Waals surface area contributed by atoms with Crippen molar-refractivity contribution in [1.29, 1.82) is 0 Å². The van der Waals surface area contributed by atoms with Crippen molar-refractivity contribution in [3.63, 3.8) is 0 Å². The van der Waals surface area contributed by atoms with E-state index in [4.69, 9.17) is 4.74 Å². The largest absolute Gasteiger partial charge is 0.389 e. The minimum Gasteiger partial charge on any atom is -0.389 e. The van der Waals surface area contributed by atoms with Gasteiger partial charge in [0, 0.05) is 25.0 Å². The van der Waals surface area contributed by atoms with E-state index in [1.165, 1.54) is 6.42 Å². The fourth-order valence-electron chi connectivity index (χ4n) is 3.18. The lowest BCUT2D eigenvalue weighted by atomic mass is 10.2. The summed E-state index contributed by atoms with van der Waals surface area (Å²) in [5.41, 5.74) is 1.14. The second kappa shape index (κ2) is 8.24. The van der Waals surface area contributed by atoms with E-state index >= 15 is 0 Å². The molecule has 1 N–H and O–H groups in total. The van der Waals surface area contributed by atoms with Crippen LogP contribution in [0.4, 0.5) is 0 Å². The maximum Gasteiger partial charge on any atom is 0.0900 e. The highest BCUT2D eigenvalue weighted by Crippen LogP contribution is 2.19. The molecule has 1 aromatic heterocycles. The minimum absolute atomic E-state index is 0.375. The molecule has 2 atom stereocenters. The van der Waals surface area contributed by atoms with Crippen molar-refractivity contribution in [1.82, 2.24) is 14.7 Å². The first-order chi connectivity index (χ1) is 11.3. The molecule has 124 valence electrons. The van der Waals surface area contributed by atoms with Crippen LogP contribution in [-0.4, -0.2) is 51.6 Å². The lowest BCUT2D eigenvalue weighted by Gasteiger charge is -2.26. The van der Waals surface area contributed by atoms with E-state index in [0.717, 1.165) is 25.1 Å². The highest BCUT2D eigenvalue weighted by Gasteiger charge is 2.26. The molecule has 2 unspecified atom stereocenters. The Morgan fingerprint density at radius 2 is 2.13 bits per heavy atom. The summed E-state index contributed by atoms with van der Waals surface area (Å²) in [6.45, 7) is 3.53. The number of rotatable bonds is 8. The number of β-amino-alcohol motifs (C(OH)–C–C–N with tert-alkyl or cyclic N) is 1. The van der Waals surface area contributed by atoms with Crippen LogP contribution in [0.3, 0.4) is 0 Å². The van der Waals surface area contributed by atoms with Crippen LogP contribution in [0.1, 0.15) is 18.4 Å². The van der Waals surface area contributed by atoms with Crippen LogP contribution in [-0.2, 0) is 17.9 Å². The van der Waals surface area contributed by atoms with E-state index in [1.807, 2.05) is 53.5 Å². The van der Waals surface area contributed by atoms with E-state index in [9.17, 15) is 5.11 Å². The Balaban J connectivity index is 1.40. The monoisotopic (exact) mass is 315 g/mol. The van der Waals surface area contributed by atoms with Crippen molar-refractivity contribution in [3.8, 4) is 0 Å². The van der Waals surface area contributed by atoms with Crippen molar-refractivity contribution in [2.75, 3.05) is 19.7 Å². The number of benzene rings is 1. The van der Waals surface area contributed by atoms with Gasteiger partial charge in [0.15, 0.2) is 0 Å². The van der Waals surface area contributed by atoms with Crippen molar-refractivity contribution in [2.45, 2.75) is 38.1 Å². The molecule has 0 amide bonds. The number of aliphatic hydroxyl groups is 1. The number of aliphatic hydroxyl groups excluding tert-OH is 1. The van der Waals surface area contributed by atoms with Gasteiger partial charge in [-0.2, -0.15) is 5.10 Å². The first-order valence-electron chi connectivity index (χ1n) is 8.32. The smallest absolute Gasteiger partial charge is 0.0900 e. The molecule has 1 aromatic carbocycles. The summed E-state index contributed by atoms with van der Waals surface area (Å²) in [7, 11) is 0. The van der Waals surface area contributed by atoms with E-state index in [-0.39, 0.29) is 0 Å². The zero-order chi connectivity index (χ0) is 15.9. The van der Waals surface area contributed by atoms with Gasteiger partial charge in [-0.15, -0.1) is 0 Å². The Morgan fingerprint density at radius 1 is 1.26 bits per heavy atom. The molecule has 2 aromatic rings. The van der Waals surface area contributed by atoms with Gasteiger partial charge in [-0.3, -0.25) is 9.58 Å². The quantitative estimate of drug-likeness (QED) is 0.809. The average Bonchev–Trinajstić information content (AvgIpc) is 3.22. The molecule has 1 saturated heterocycles. The molecule has 2 heterocycles. The van der Waals surface area contributed by atoms with Gasteiger partial charge in [-0.25, -0.2) is 0 Å². The van der Waals surface area contributed by atoms with Gasteiger partial charge in [0.2, 0.25) is 0 Å². The standard InChI is InChI=1S/C18H25N3O2/c22-18(15-23-14-16-6-2-1-3-7-16)13-20-10-4-8-17(20)12-21-11-5-9-19-21/h1-3,5-7,9,11,17-18,22H,4,8,10,12-15H2. The molecule has 1 aliphatic rings. The number of ether oxygens (including phenoxy) is 1. The van der Waals surface area contributed by atoms with Crippen LogP contribution in [0.15, 0.2) is 48.8 Å². The van der Waals surface area contributed by atoms with Crippen molar-refractivity contribution < 1.29 is 9.84 Å². The van der Waals surface area contributed by atoms with Gasteiger partial charge in [0.1, 0.15) is 0 Å². The fraction of sp³-hybridized carbons (Fsp3) is 0.500. The van der Waals surface area contributed by atoms with E-state index in [1.54, 1.807) is 0 Å². The average molecular weight is 315 g/mol. The number of hydrogen-bond donors (Lipinski definition) is 1. The molecule has 0 radical (unpaired) electrons. The third kappa shape index (κ3) is 4.89. The maximum atomic E-state index is 10.2. The predicted octanol–water partition coefficient (Wildman–Crippen LogP) is 1.93. The molecule has 23 heavy (non-hydrogen) atoms. The first-order valence-corrected chi connectivity index (χ1v) is 8.32. The van der Waals surface area contributed by atoms with E-state index in [2.05, 4.69) is 10.00 Å². The first kappa shape index (κ1) is 16.2. The van der Waals surface area contributed by atoms with Crippen molar-refractivity contribution in [2.24, 2.45) is 0 Å². The van der Waals surface area contributed by atoms with Crippen LogP contribution in [0.5, 0.6) is 0 Å². The predicted molar refractivity (Wildman–Crippen MR) is 88.9 cm³/mol. The van der Waals surface area contributed by atoms with Gasteiger partial charge < -0.3 is 9.84 Å². The van der Waals surface area contributed by atoms with Crippen molar-refractivity contribution in [3.05, 3.63) is 54.4 Å². The Labute approximate surface area is 137 Å². The molecule has 1 fully saturated rings. The molecule has 0 spiro atoms. The zero-order valence-corrected chi connectivity index (χ0v) is 13.4. The molecule has 5 nitrogen and oxygen atoms in total. The molecular weight excluding hydrogens is 290 g/mol. The number of likely N-dealkylation sites (tertiary alicyclic amines) is 1. The van der Waals surface area contributed by atoms with Crippen LogP contribution in [0, 0.1) is 0 Å². The fourth-order valence-corrected chi connectivity index (χ4v) is 3.18. The van der Waals surface area contributed by atoms with Crippen LogP contribution >= 0.6 is 0 Å². The number of nitrogens with zero attached hydrogens (tertiary/aromatic N) is 3. The van der Waals surface area contributed by atoms with Gasteiger partial charge in [-0.05, 0) is 31.0 Å². The summed E-state index contributed by atoms with van der Waals surface area (Å²) in [6.07, 6.45) is 5.71. The minimum atomic E-state index is -0.447. The number of hydrogen-bond acceptors (Lipinski definition) is 4. The summed E-state index contributed by atoms with van der Waals surface area (Å²) in [6, 6.07) is 12.5. The van der Waals surface area contributed by atoms with Crippen molar-refractivity contribution >= 4 is 0 Å². The second-order valence-electron chi connectivity index (χ2n) is 6.17. The summed E-state index contributed by atoms with van der Waals surface area (Å²) in [4.78, 5) is 2.36. The molecule has 0 bridgehead atoms. The molecule has 1 aliphatic heterocycles. The molecule has 0 aliphatic carbocycles.